The van der Waals surface area contributed by atoms with Crippen molar-refractivity contribution < 1.29 is 13.3 Å². The minimum Gasteiger partial charge on any atom is -0.373 e. The van der Waals surface area contributed by atoms with Gasteiger partial charge in [0.2, 0.25) is 0 Å². The SMILES string of the molecule is CCO[Si](OCC)(OCC)C1c2cc(C)ccc2-c2ccc(C)cc21. The largest absolute Gasteiger partial charge is 0.513 e. The number of rotatable bonds is 7. The van der Waals surface area contributed by atoms with Crippen LogP contribution in [0.5, 0.6) is 0 Å². The lowest BCUT2D eigenvalue weighted by molar-refractivity contribution is 0.0657. The summed E-state index contributed by atoms with van der Waals surface area (Å²) in [5, 5.41) is 0. The molecule has 0 fully saturated rings. The molecule has 2 aromatic rings. The van der Waals surface area contributed by atoms with Crippen LogP contribution in [0.2, 0.25) is 0 Å². The fourth-order valence-electron chi connectivity index (χ4n) is 3.86. The summed E-state index contributed by atoms with van der Waals surface area (Å²) in [5.41, 5.74) is 7.66. The fourth-order valence-corrected chi connectivity index (χ4v) is 7.06. The van der Waals surface area contributed by atoms with Gasteiger partial charge in [-0.3, -0.25) is 0 Å². The molecule has 0 bridgehead atoms. The van der Waals surface area contributed by atoms with Crippen molar-refractivity contribution in [3.63, 3.8) is 0 Å². The number of hydrogen-bond acceptors (Lipinski definition) is 3. The molecule has 1 aliphatic rings. The van der Waals surface area contributed by atoms with Gasteiger partial charge >= 0.3 is 8.80 Å². The molecule has 1 aliphatic carbocycles. The molecule has 0 amide bonds. The third-order valence-electron chi connectivity index (χ3n) is 4.72. The smallest absolute Gasteiger partial charge is 0.373 e. The summed E-state index contributed by atoms with van der Waals surface area (Å²) >= 11 is 0. The van der Waals surface area contributed by atoms with E-state index in [9.17, 15) is 0 Å². The normalized spacial score (nSPS) is 13.8. The topological polar surface area (TPSA) is 27.7 Å². The average Bonchev–Trinajstić information content (AvgIpc) is 2.88. The van der Waals surface area contributed by atoms with E-state index in [4.69, 9.17) is 13.3 Å². The van der Waals surface area contributed by atoms with Gasteiger partial charge in [-0.2, -0.15) is 0 Å². The van der Waals surface area contributed by atoms with Gasteiger partial charge in [0.1, 0.15) is 0 Å². The Morgan fingerprint density at radius 2 is 1.12 bits per heavy atom. The van der Waals surface area contributed by atoms with Crippen molar-refractivity contribution in [2.75, 3.05) is 19.8 Å². The highest BCUT2D eigenvalue weighted by atomic mass is 28.4. The van der Waals surface area contributed by atoms with Crippen molar-refractivity contribution in [3.8, 4) is 11.1 Å². The monoisotopic (exact) mass is 356 g/mol. The molecule has 25 heavy (non-hydrogen) atoms. The van der Waals surface area contributed by atoms with Gasteiger partial charge in [-0.15, -0.1) is 0 Å². The zero-order valence-corrected chi connectivity index (χ0v) is 16.9. The van der Waals surface area contributed by atoms with E-state index in [0.717, 1.165) is 0 Å². The first-order valence-corrected chi connectivity index (χ1v) is 11.0. The molecule has 0 heterocycles. The van der Waals surface area contributed by atoms with Crippen molar-refractivity contribution in [2.45, 2.75) is 40.2 Å². The Balaban J connectivity index is 2.25. The Morgan fingerprint density at radius 1 is 0.720 bits per heavy atom. The van der Waals surface area contributed by atoms with Crippen LogP contribution in [-0.2, 0) is 13.3 Å². The molecule has 0 radical (unpaired) electrons. The second-order valence-electron chi connectivity index (χ2n) is 6.52. The summed E-state index contributed by atoms with van der Waals surface area (Å²) in [4.78, 5) is 0. The van der Waals surface area contributed by atoms with Crippen LogP contribution in [0.15, 0.2) is 36.4 Å². The quantitative estimate of drug-likeness (QED) is 0.653. The van der Waals surface area contributed by atoms with Crippen LogP contribution >= 0.6 is 0 Å². The molecule has 3 nitrogen and oxygen atoms in total. The minimum absolute atomic E-state index is 0.0390. The van der Waals surface area contributed by atoms with Crippen molar-refractivity contribution in [3.05, 3.63) is 58.7 Å². The zero-order valence-electron chi connectivity index (χ0n) is 15.9. The third-order valence-corrected chi connectivity index (χ3v) is 8.12. The molecular weight excluding hydrogens is 328 g/mol. The Kier molecular flexibility index (Phi) is 5.44. The lowest BCUT2D eigenvalue weighted by atomic mass is 10.0. The average molecular weight is 357 g/mol. The summed E-state index contributed by atoms with van der Waals surface area (Å²) in [6.07, 6.45) is 0. The van der Waals surface area contributed by atoms with Gasteiger partial charge in [0.25, 0.3) is 0 Å². The van der Waals surface area contributed by atoms with Gasteiger partial charge in [0.05, 0.1) is 5.54 Å². The molecule has 0 aliphatic heterocycles. The molecule has 0 aromatic heterocycles. The van der Waals surface area contributed by atoms with Crippen LogP contribution in [-0.4, -0.2) is 28.6 Å². The van der Waals surface area contributed by atoms with Crippen molar-refractivity contribution in [2.24, 2.45) is 0 Å². The maximum absolute atomic E-state index is 6.28. The Bertz CT molecular complexity index is 688. The summed E-state index contributed by atoms with van der Waals surface area (Å²) in [6.45, 7) is 12.1. The Hall–Kier alpha value is -1.46. The van der Waals surface area contributed by atoms with Gasteiger partial charge < -0.3 is 13.3 Å². The molecule has 0 saturated carbocycles. The first kappa shape index (κ1) is 18.3. The van der Waals surface area contributed by atoms with Crippen molar-refractivity contribution in [1.82, 2.24) is 0 Å². The van der Waals surface area contributed by atoms with Gasteiger partial charge in [-0.25, -0.2) is 0 Å². The predicted molar refractivity (Wildman–Crippen MR) is 104 cm³/mol. The highest BCUT2D eigenvalue weighted by Gasteiger charge is 2.54. The Morgan fingerprint density at radius 3 is 1.48 bits per heavy atom. The minimum atomic E-state index is -2.91. The van der Waals surface area contributed by atoms with Crippen LogP contribution in [0.25, 0.3) is 11.1 Å². The summed E-state index contributed by atoms with van der Waals surface area (Å²) in [7, 11) is -2.91. The van der Waals surface area contributed by atoms with E-state index in [2.05, 4.69) is 50.2 Å². The predicted octanol–water partition coefficient (Wildman–Crippen LogP) is 5.00. The summed E-state index contributed by atoms with van der Waals surface area (Å²) in [5.74, 6) is 0. The van der Waals surface area contributed by atoms with Crippen LogP contribution in [0.3, 0.4) is 0 Å². The van der Waals surface area contributed by atoms with Gasteiger partial charge in [-0.1, -0.05) is 47.5 Å². The molecule has 3 rings (SSSR count). The van der Waals surface area contributed by atoms with Gasteiger partial charge in [0, 0.05) is 19.8 Å². The summed E-state index contributed by atoms with van der Waals surface area (Å²) < 4.78 is 18.8. The molecule has 0 saturated heterocycles. The second kappa shape index (κ2) is 7.42. The highest BCUT2D eigenvalue weighted by Crippen LogP contribution is 2.50. The van der Waals surface area contributed by atoms with Gasteiger partial charge in [0.15, 0.2) is 0 Å². The number of aryl methyl sites for hydroxylation is 2. The van der Waals surface area contributed by atoms with E-state index in [-0.39, 0.29) is 5.54 Å². The number of fused-ring (bicyclic) bond motifs is 3. The van der Waals surface area contributed by atoms with Crippen LogP contribution in [0.4, 0.5) is 0 Å². The molecule has 0 unspecified atom stereocenters. The molecule has 134 valence electrons. The maximum atomic E-state index is 6.28. The van der Waals surface area contributed by atoms with Crippen molar-refractivity contribution >= 4 is 8.80 Å². The van der Waals surface area contributed by atoms with E-state index in [1.54, 1.807) is 0 Å². The van der Waals surface area contributed by atoms with Crippen LogP contribution in [0, 0.1) is 13.8 Å². The first-order chi connectivity index (χ1) is 12.1. The second-order valence-corrected chi connectivity index (χ2v) is 9.17. The first-order valence-electron chi connectivity index (χ1n) is 9.19. The number of hydrogen-bond donors (Lipinski definition) is 0. The molecular formula is C21H28O3Si. The highest BCUT2D eigenvalue weighted by molar-refractivity contribution is 6.63. The van der Waals surface area contributed by atoms with E-state index < -0.39 is 8.80 Å². The van der Waals surface area contributed by atoms with Crippen LogP contribution in [0.1, 0.15) is 48.6 Å². The maximum Gasteiger partial charge on any atom is 0.513 e. The van der Waals surface area contributed by atoms with E-state index >= 15 is 0 Å². The van der Waals surface area contributed by atoms with Crippen molar-refractivity contribution in [1.29, 1.82) is 0 Å². The van der Waals surface area contributed by atoms with Crippen LogP contribution < -0.4 is 0 Å². The molecule has 0 atom stereocenters. The third kappa shape index (κ3) is 3.20. The summed E-state index contributed by atoms with van der Waals surface area (Å²) in [6, 6.07) is 13.3. The Labute approximate surface area is 152 Å². The fraction of sp³-hybridized carbons (Fsp3) is 0.429. The molecule has 0 N–H and O–H groups in total. The van der Waals surface area contributed by atoms with E-state index in [1.807, 2.05) is 20.8 Å². The molecule has 4 heteroatoms. The lowest BCUT2D eigenvalue weighted by Crippen LogP contribution is -2.52. The standard InChI is InChI=1S/C21H28O3Si/c1-6-22-25(23-7-2,24-8-3)21-19-13-15(4)9-11-17(19)18-12-10-16(5)14-20(18)21/h9-14,21H,6-8H2,1-5H3. The number of benzene rings is 2. The zero-order chi connectivity index (χ0) is 18.0. The van der Waals surface area contributed by atoms with Gasteiger partial charge in [-0.05, 0) is 56.9 Å². The lowest BCUT2D eigenvalue weighted by Gasteiger charge is -2.34. The van der Waals surface area contributed by atoms with E-state index in [0.29, 0.717) is 19.8 Å². The van der Waals surface area contributed by atoms with E-state index in [1.165, 1.54) is 33.4 Å². The molecule has 0 spiro atoms. The molecule has 2 aromatic carbocycles.